The summed E-state index contributed by atoms with van der Waals surface area (Å²) >= 11 is 0. The van der Waals surface area contributed by atoms with Crippen LogP contribution in [0, 0.1) is 0 Å². The van der Waals surface area contributed by atoms with Crippen molar-refractivity contribution >= 4 is 11.8 Å². The molecule has 1 rings (SSSR count). The molecule has 0 aromatic rings. The minimum absolute atomic E-state index is 0.504. The molecule has 1 unspecified atom stereocenters. The average Bonchev–Trinajstić information content (AvgIpc) is 2.05. The van der Waals surface area contributed by atoms with Gasteiger partial charge in [0.15, 0.2) is 0 Å². The SMILES string of the molecule is O=C(O)C(=O)C1CCCCO1. The summed E-state index contributed by atoms with van der Waals surface area (Å²) in [5.74, 6) is -2.21. The molecular weight excluding hydrogens is 148 g/mol. The summed E-state index contributed by atoms with van der Waals surface area (Å²) in [6.07, 6.45) is 1.65. The van der Waals surface area contributed by atoms with Gasteiger partial charge in [-0.3, -0.25) is 4.79 Å². The minimum atomic E-state index is -1.39. The zero-order chi connectivity index (χ0) is 8.27. The van der Waals surface area contributed by atoms with E-state index < -0.39 is 17.9 Å². The van der Waals surface area contributed by atoms with E-state index in [1.807, 2.05) is 0 Å². The van der Waals surface area contributed by atoms with Crippen molar-refractivity contribution in [1.29, 1.82) is 0 Å². The third-order valence-corrected chi connectivity index (χ3v) is 1.68. The van der Waals surface area contributed by atoms with Gasteiger partial charge in [0.05, 0.1) is 0 Å². The molecule has 0 aromatic heterocycles. The lowest BCUT2D eigenvalue weighted by molar-refractivity contribution is -0.156. The average molecular weight is 158 g/mol. The second-order valence-corrected chi connectivity index (χ2v) is 2.52. The summed E-state index contributed by atoms with van der Waals surface area (Å²) < 4.78 is 4.97. The molecule has 0 saturated carbocycles. The number of hydrogen-bond acceptors (Lipinski definition) is 3. The number of ether oxygens (including phenoxy) is 1. The first kappa shape index (κ1) is 8.20. The van der Waals surface area contributed by atoms with Crippen molar-refractivity contribution in [2.45, 2.75) is 25.4 Å². The minimum Gasteiger partial charge on any atom is -0.475 e. The van der Waals surface area contributed by atoms with Crippen molar-refractivity contribution in [3.05, 3.63) is 0 Å². The van der Waals surface area contributed by atoms with Gasteiger partial charge < -0.3 is 9.84 Å². The van der Waals surface area contributed by atoms with Crippen LogP contribution < -0.4 is 0 Å². The molecule has 1 saturated heterocycles. The van der Waals surface area contributed by atoms with Gasteiger partial charge in [0.1, 0.15) is 6.10 Å². The molecule has 1 atom stereocenters. The zero-order valence-corrected chi connectivity index (χ0v) is 6.08. The normalized spacial score (nSPS) is 24.5. The lowest BCUT2D eigenvalue weighted by atomic mass is 10.1. The van der Waals surface area contributed by atoms with E-state index in [-0.39, 0.29) is 0 Å². The Morgan fingerprint density at radius 1 is 1.36 bits per heavy atom. The highest BCUT2D eigenvalue weighted by Crippen LogP contribution is 2.13. The highest BCUT2D eigenvalue weighted by Gasteiger charge is 2.26. The number of carboxylic acids is 1. The molecular formula is C7H10O4. The summed E-state index contributed by atoms with van der Waals surface area (Å²) in [6, 6.07) is 0. The number of aliphatic carboxylic acids is 1. The van der Waals surface area contributed by atoms with Gasteiger partial charge in [-0.25, -0.2) is 4.79 Å². The summed E-state index contributed by atoms with van der Waals surface area (Å²) in [5, 5.41) is 8.30. The summed E-state index contributed by atoms with van der Waals surface area (Å²) in [5.41, 5.74) is 0. The van der Waals surface area contributed by atoms with Crippen molar-refractivity contribution in [3.8, 4) is 0 Å². The number of hydrogen-bond donors (Lipinski definition) is 1. The maximum Gasteiger partial charge on any atom is 0.375 e. The van der Waals surface area contributed by atoms with Crippen molar-refractivity contribution in [2.24, 2.45) is 0 Å². The lowest BCUT2D eigenvalue weighted by Gasteiger charge is -2.19. The summed E-state index contributed by atoms with van der Waals surface area (Å²) in [7, 11) is 0. The maximum atomic E-state index is 10.8. The summed E-state index contributed by atoms with van der Waals surface area (Å²) in [6.45, 7) is 0.504. The molecule has 0 radical (unpaired) electrons. The molecule has 0 aromatic carbocycles. The molecule has 1 heterocycles. The first-order valence-corrected chi connectivity index (χ1v) is 3.60. The molecule has 1 N–H and O–H groups in total. The van der Waals surface area contributed by atoms with Crippen molar-refractivity contribution < 1.29 is 19.4 Å². The second kappa shape index (κ2) is 3.48. The van der Waals surface area contributed by atoms with E-state index >= 15 is 0 Å². The molecule has 4 heteroatoms. The Kier molecular flexibility index (Phi) is 2.59. The standard InChI is InChI=1S/C7H10O4/c8-6(7(9)10)5-3-1-2-4-11-5/h5H,1-4H2,(H,9,10). The van der Waals surface area contributed by atoms with Gasteiger partial charge in [-0.05, 0) is 19.3 Å². The van der Waals surface area contributed by atoms with Gasteiger partial charge in [0, 0.05) is 6.61 Å². The molecule has 11 heavy (non-hydrogen) atoms. The zero-order valence-electron chi connectivity index (χ0n) is 6.08. The Hall–Kier alpha value is -0.900. The van der Waals surface area contributed by atoms with Crippen LogP contribution in [0.25, 0.3) is 0 Å². The third-order valence-electron chi connectivity index (χ3n) is 1.68. The number of ketones is 1. The molecule has 0 spiro atoms. The van der Waals surface area contributed by atoms with Crippen LogP contribution in [0.15, 0.2) is 0 Å². The van der Waals surface area contributed by atoms with E-state index in [0.717, 1.165) is 12.8 Å². The Bertz CT molecular complexity index is 169. The molecule has 1 aliphatic rings. The fraction of sp³-hybridized carbons (Fsp3) is 0.714. The van der Waals surface area contributed by atoms with Crippen LogP contribution in [-0.4, -0.2) is 29.6 Å². The monoisotopic (exact) mass is 158 g/mol. The van der Waals surface area contributed by atoms with Crippen LogP contribution in [0.1, 0.15) is 19.3 Å². The van der Waals surface area contributed by atoms with Crippen molar-refractivity contribution in [2.75, 3.05) is 6.61 Å². The van der Waals surface area contributed by atoms with E-state index in [4.69, 9.17) is 9.84 Å². The molecule has 4 nitrogen and oxygen atoms in total. The predicted molar refractivity (Wildman–Crippen MR) is 36.2 cm³/mol. The van der Waals surface area contributed by atoms with Gasteiger partial charge in [0.25, 0.3) is 5.78 Å². The molecule has 0 bridgehead atoms. The van der Waals surface area contributed by atoms with Crippen LogP contribution in [0.5, 0.6) is 0 Å². The summed E-state index contributed by atoms with van der Waals surface area (Å²) in [4.78, 5) is 20.9. The van der Waals surface area contributed by atoms with Crippen molar-refractivity contribution in [3.63, 3.8) is 0 Å². The van der Waals surface area contributed by atoms with Gasteiger partial charge in [-0.1, -0.05) is 0 Å². The van der Waals surface area contributed by atoms with E-state index in [2.05, 4.69) is 0 Å². The van der Waals surface area contributed by atoms with Gasteiger partial charge in [0.2, 0.25) is 0 Å². The number of carboxylic acid groups (broad SMARTS) is 1. The fourth-order valence-electron chi connectivity index (χ4n) is 1.09. The number of carbonyl (C=O) groups is 2. The Balaban J connectivity index is 2.45. The van der Waals surface area contributed by atoms with E-state index in [0.29, 0.717) is 13.0 Å². The highest BCUT2D eigenvalue weighted by molar-refractivity contribution is 6.34. The molecule has 1 fully saturated rings. The van der Waals surface area contributed by atoms with Crippen LogP contribution >= 0.6 is 0 Å². The fourth-order valence-corrected chi connectivity index (χ4v) is 1.09. The topological polar surface area (TPSA) is 63.6 Å². The second-order valence-electron chi connectivity index (χ2n) is 2.52. The van der Waals surface area contributed by atoms with Crippen LogP contribution in [0.2, 0.25) is 0 Å². The number of Topliss-reactive ketones (excluding diaryl/α,β-unsaturated/α-hetero) is 1. The maximum absolute atomic E-state index is 10.8. The smallest absolute Gasteiger partial charge is 0.375 e. The quantitative estimate of drug-likeness (QED) is 0.583. The highest BCUT2D eigenvalue weighted by atomic mass is 16.5. The van der Waals surface area contributed by atoms with E-state index in [9.17, 15) is 9.59 Å². The Morgan fingerprint density at radius 3 is 2.55 bits per heavy atom. The first-order valence-electron chi connectivity index (χ1n) is 3.60. The third kappa shape index (κ3) is 2.01. The van der Waals surface area contributed by atoms with Crippen LogP contribution in [0.4, 0.5) is 0 Å². The van der Waals surface area contributed by atoms with Crippen molar-refractivity contribution in [1.82, 2.24) is 0 Å². The predicted octanol–water partition coefficient (Wildman–Crippen LogP) is 0.209. The lowest BCUT2D eigenvalue weighted by Crippen LogP contribution is -2.33. The van der Waals surface area contributed by atoms with Crippen LogP contribution in [0.3, 0.4) is 0 Å². The number of carbonyl (C=O) groups excluding carboxylic acids is 1. The Morgan fingerprint density at radius 2 is 2.09 bits per heavy atom. The molecule has 1 aliphatic heterocycles. The van der Waals surface area contributed by atoms with Gasteiger partial charge in [-0.15, -0.1) is 0 Å². The first-order chi connectivity index (χ1) is 5.22. The van der Waals surface area contributed by atoms with Gasteiger partial charge in [-0.2, -0.15) is 0 Å². The Labute approximate surface area is 64.2 Å². The van der Waals surface area contributed by atoms with E-state index in [1.165, 1.54) is 0 Å². The molecule has 0 amide bonds. The van der Waals surface area contributed by atoms with Crippen LogP contribution in [-0.2, 0) is 14.3 Å². The van der Waals surface area contributed by atoms with Gasteiger partial charge >= 0.3 is 5.97 Å². The number of rotatable bonds is 2. The molecule has 0 aliphatic carbocycles. The largest absolute Gasteiger partial charge is 0.475 e. The molecule has 62 valence electrons. The van der Waals surface area contributed by atoms with E-state index in [1.54, 1.807) is 0 Å².